The van der Waals surface area contributed by atoms with E-state index in [1.807, 2.05) is 12.3 Å². The highest BCUT2D eigenvalue weighted by Gasteiger charge is 1.99. The van der Waals surface area contributed by atoms with Gasteiger partial charge in [0.1, 0.15) is 0 Å². The Morgan fingerprint density at radius 2 is 2.20 bits per heavy atom. The first-order valence-corrected chi connectivity index (χ1v) is 7.35. The molecule has 7 heteroatoms. The number of nitrogens with zero attached hydrogens (tertiary/aromatic N) is 1. The fourth-order valence-corrected chi connectivity index (χ4v) is 2.21. The third-order valence-electron chi connectivity index (χ3n) is 1.61. The van der Waals surface area contributed by atoms with Crippen LogP contribution in [0.1, 0.15) is 12.1 Å². The van der Waals surface area contributed by atoms with Gasteiger partial charge in [-0.2, -0.15) is 0 Å². The predicted molar refractivity (Wildman–Crippen MR) is 62.8 cm³/mol. The zero-order valence-corrected chi connectivity index (χ0v) is 10.4. The molecule has 1 aromatic heterocycles. The van der Waals surface area contributed by atoms with Gasteiger partial charge in [0.25, 0.3) is 0 Å². The second-order valence-electron chi connectivity index (χ2n) is 3.24. The Morgan fingerprint density at radius 3 is 2.73 bits per heavy atom. The molecule has 0 saturated heterocycles. The normalized spacial score (nSPS) is 11.6. The van der Waals surface area contributed by atoms with Gasteiger partial charge in [0.2, 0.25) is 10.0 Å². The molecule has 86 valence electrons. The fraction of sp³-hybridized carbons (Fsp3) is 0.625. The summed E-state index contributed by atoms with van der Waals surface area (Å²) >= 11 is 1.55. The zero-order valence-electron chi connectivity index (χ0n) is 8.78. The van der Waals surface area contributed by atoms with E-state index in [9.17, 15) is 8.42 Å². The van der Waals surface area contributed by atoms with E-state index in [0.29, 0.717) is 6.54 Å². The molecule has 0 bridgehead atoms. The SMILES string of the molecule is Cc1csc(NCCCNS(C)(=O)=O)n1. The molecule has 0 unspecified atom stereocenters. The van der Waals surface area contributed by atoms with Crippen molar-refractivity contribution < 1.29 is 8.42 Å². The average molecular weight is 249 g/mol. The first-order valence-electron chi connectivity index (χ1n) is 4.58. The molecule has 0 saturated carbocycles. The number of anilines is 1. The van der Waals surface area contributed by atoms with Crippen molar-refractivity contribution in [1.29, 1.82) is 0 Å². The van der Waals surface area contributed by atoms with Crippen molar-refractivity contribution in [1.82, 2.24) is 9.71 Å². The standard InChI is InChI=1S/C8H15N3O2S2/c1-7-6-14-8(11-7)9-4-3-5-10-15(2,12)13/h6,10H,3-5H2,1-2H3,(H,9,11). The number of hydrogen-bond acceptors (Lipinski definition) is 5. The topological polar surface area (TPSA) is 71.1 Å². The summed E-state index contributed by atoms with van der Waals surface area (Å²) in [6.07, 6.45) is 1.90. The lowest BCUT2D eigenvalue weighted by Crippen LogP contribution is -2.24. The van der Waals surface area contributed by atoms with Crippen LogP contribution in [0.5, 0.6) is 0 Å². The van der Waals surface area contributed by atoms with Gasteiger partial charge in [0.05, 0.1) is 11.9 Å². The Balaban J connectivity index is 2.12. The van der Waals surface area contributed by atoms with Crippen LogP contribution in [-0.2, 0) is 10.0 Å². The molecule has 5 nitrogen and oxygen atoms in total. The number of hydrogen-bond donors (Lipinski definition) is 2. The minimum Gasteiger partial charge on any atom is -0.361 e. The summed E-state index contributed by atoms with van der Waals surface area (Å²) in [7, 11) is -3.06. The molecule has 0 amide bonds. The highest BCUT2D eigenvalue weighted by atomic mass is 32.2. The van der Waals surface area contributed by atoms with E-state index in [1.165, 1.54) is 0 Å². The number of thiazole rings is 1. The van der Waals surface area contributed by atoms with Gasteiger partial charge in [-0.3, -0.25) is 0 Å². The van der Waals surface area contributed by atoms with E-state index in [0.717, 1.165) is 30.0 Å². The highest BCUT2D eigenvalue weighted by Crippen LogP contribution is 2.13. The molecule has 0 aliphatic rings. The summed E-state index contributed by atoms with van der Waals surface area (Å²) in [6, 6.07) is 0. The van der Waals surface area contributed by atoms with E-state index < -0.39 is 10.0 Å². The van der Waals surface area contributed by atoms with E-state index in [-0.39, 0.29) is 0 Å². The number of sulfonamides is 1. The summed E-state index contributed by atoms with van der Waals surface area (Å²) in [5.74, 6) is 0. The van der Waals surface area contributed by atoms with Gasteiger partial charge in [0.15, 0.2) is 5.13 Å². The smallest absolute Gasteiger partial charge is 0.208 e. The lowest BCUT2D eigenvalue weighted by atomic mass is 10.4. The Morgan fingerprint density at radius 1 is 1.47 bits per heavy atom. The molecular weight excluding hydrogens is 234 g/mol. The summed E-state index contributed by atoms with van der Waals surface area (Å²) < 4.78 is 23.9. The highest BCUT2D eigenvalue weighted by molar-refractivity contribution is 7.88. The van der Waals surface area contributed by atoms with Crippen LogP contribution in [0, 0.1) is 6.92 Å². The molecule has 0 fully saturated rings. The van der Waals surface area contributed by atoms with Crippen LogP contribution in [0.4, 0.5) is 5.13 Å². The maximum absolute atomic E-state index is 10.7. The second-order valence-corrected chi connectivity index (χ2v) is 5.93. The summed E-state index contributed by atoms with van der Waals surface area (Å²) in [5, 5.41) is 5.97. The van der Waals surface area contributed by atoms with Crippen molar-refractivity contribution in [2.75, 3.05) is 24.7 Å². The van der Waals surface area contributed by atoms with Crippen LogP contribution in [0.25, 0.3) is 0 Å². The Bertz CT molecular complexity index is 400. The Hall–Kier alpha value is -0.660. The van der Waals surface area contributed by atoms with Crippen LogP contribution < -0.4 is 10.0 Å². The molecule has 2 N–H and O–H groups in total. The maximum Gasteiger partial charge on any atom is 0.208 e. The van der Waals surface area contributed by atoms with Gasteiger partial charge in [-0.1, -0.05) is 0 Å². The van der Waals surface area contributed by atoms with Crippen molar-refractivity contribution in [2.24, 2.45) is 0 Å². The van der Waals surface area contributed by atoms with Crippen LogP contribution in [-0.4, -0.2) is 32.7 Å². The largest absolute Gasteiger partial charge is 0.361 e. The molecule has 1 aromatic rings. The maximum atomic E-state index is 10.7. The number of nitrogens with one attached hydrogen (secondary N) is 2. The molecule has 0 radical (unpaired) electrons. The third-order valence-corrected chi connectivity index (χ3v) is 3.26. The van der Waals surface area contributed by atoms with E-state index in [4.69, 9.17) is 0 Å². The van der Waals surface area contributed by atoms with Crippen molar-refractivity contribution >= 4 is 26.5 Å². The van der Waals surface area contributed by atoms with Crippen LogP contribution in [0.2, 0.25) is 0 Å². The minimum atomic E-state index is -3.06. The van der Waals surface area contributed by atoms with Crippen molar-refractivity contribution in [3.05, 3.63) is 11.1 Å². The monoisotopic (exact) mass is 249 g/mol. The van der Waals surface area contributed by atoms with Crippen molar-refractivity contribution in [3.8, 4) is 0 Å². The van der Waals surface area contributed by atoms with Gasteiger partial charge in [-0.25, -0.2) is 18.1 Å². The van der Waals surface area contributed by atoms with Gasteiger partial charge < -0.3 is 5.32 Å². The minimum absolute atomic E-state index is 0.455. The average Bonchev–Trinajstić information content (AvgIpc) is 2.49. The Kier molecular flexibility index (Phi) is 4.49. The van der Waals surface area contributed by atoms with E-state index in [2.05, 4.69) is 15.0 Å². The molecule has 0 atom stereocenters. The Labute approximate surface area is 94.0 Å². The molecule has 15 heavy (non-hydrogen) atoms. The van der Waals surface area contributed by atoms with Crippen LogP contribution in [0.15, 0.2) is 5.38 Å². The summed E-state index contributed by atoms with van der Waals surface area (Å²) in [5.41, 5.74) is 0.997. The first-order chi connectivity index (χ1) is 6.97. The number of aryl methyl sites for hydroxylation is 1. The fourth-order valence-electron chi connectivity index (χ4n) is 0.976. The molecule has 0 aliphatic carbocycles. The second kappa shape index (κ2) is 5.43. The third kappa shape index (κ3) is 5.71. The quantitative estimate of drug-likeness (QED) is 0.732. The first kappa shape index (κ1) is 12.4. The molecule has 0 spiro atoms. The zero-order chi connectivity index (χ0) is 11.3. The van der Waals surface area contributed by atoms with Gasteiger partial charge in [-0.05, 0) is 13.3 Å². The van der Waals surface area contributed by atoms with E-state index in [1.54, 1.807) is 11.3 Å². The molecule has 0 aliphatic heterocycles. The molecular formula is C8H15N3O2S2. The van der Waals surface area contributed by atoms with Crippen LogP contribution >= 0.6 is 11.3 Å². The van der Waals surface area contributed by atoms with Gasteiger partial charge >= 0.3 is 0 Å². The molecule has 1 rings (SSSR count). The summed E-state index contributed by atoms with van der Waals surface area (Å²) in [6.45, 7) is 3.11. The molecule has 0 aromatic carbocycles. The summed E-state index contributed by atoms with van der Waals surface area (Å²) in [4.78, 5) is 4.23. The van der Waals surface area contributed by atoms with Crippen molar-refractivity contribution in [2.45, 2.75) is 13.3 Å². The van der Waals surface area contributed by atoms with E-state index >= 15 is 0 Å². The molecule has 1 heterocycles. The van der Waals surface area contributed by atoms with Crippen LogP contribution in [0.3, 0.4) is 0 Å². The number of aromatic nitrogens is 1. The number of rotatable bonds is 6. The lowest BCUT2D eigenvalue weighted by Gasteiger charge is -2.03. The lowest BCUT2D eigenvalue weighted by molar-refractivity contribution is 0.586. The van der Waals surface area contributed by atoms with Crippen molar-refractivity contribution in [3.63, 3.8) is 0 Å². The van der Waals surface area contributed by atoms with Gasteiger partial charge in [-0.15, -0.1) is 11.3 Å². The predicted octanol–water partition coefficient (Wildman–Crippen LogP) is 0.803. The van der Waals surface area contributed by atoms with Gasteiger partial charge in [0, 0.05) is 18.5 Å².